The van der Waals surface area contributed by atoms with Crippen molar-refractivity contribution in [3.63, 3.8) is 0 Å². The molecule has 150 valence electrons. The molecular formula is C22H35N3OS. The summed E-state index contributed by atoms with van der Waals surface area (Å²) in [7, 11) is 2.05. The number of fused-ring (bicyclic) bond motifs is 1. The minimum absolute atomic E-state index is 0.0104. The fraction of sp³-hybridized carbons (Fsp3) is 0.773. The van der Waals surface area contributed by atoms with Gasteiger partial charge in [0.1, 0.15) is 0 Å². The molecule has 0 aliphatic carbocycles. The SMILES string of the molecule is CN(C[C@@H]1CCCN2CCCC[C@H]12)C(=O)CC1(n2cccc2)CCSCC1. The zero-order valence-electron chi connectivity index (χ0n) is 16.8. The van der Waals surface area contributed by atoms with Gasteiger partial charge in [-0.05, 0) is 81.2 Å². The zero-order chi connectivity index (χ0) is 18.7. The highest BCUT2D eigenvalue weighted by Crippen LogP contribution is 2.38. The van der Waals surface area contributed by atoms with Crippen molar-refractivity contribution >= 4 is 17.7 Å². The van der Waals surface area contributed by atoms with Gasteiger partial charge in [0.15, 0.2) is 0 Å². The molecule has 0 radical (unpaired) electrons. The van der Waals surface area contributed by atoms with Crippen LogP contribution in [-0.4, -0.2) is 64.5 Å². The zero-order valence-corrected chi connectivity index (χ0v) is 17.6. The summed E-state index contributed by atoms with van der Waals surface area (Å²) in [5, 5.41) is 0. The Balaban J connectivity index is 1.41. The standard InChI is InChI=1S/C22H35N3OS/c1-23(18-19-7-6-12-24-11-3-2-8-20(19)24)21(26)17-22(9-15-27-16-10-22)25-13-4-5-14-25/h4-5,13-14,19-20H,2-3,6-12,15-18H2,1H3/t19-,20+/m0/s1. The van der Waals surface area contributed by atoms with Crippen LogP contribution in [0, 0.1) is 5.92 Å². The van der Waals surface area contributed by atoms with E-state index in [0.717, 1.165) is 30.9 Å². The van der Waals surface area contributed by atoms with Crippen LogP contribution in [0.15, 0.2) is 24.5 Å². The number of amides is 1. The van der Waals surface area contributed by atoms with Gasteiger partial charge in [-0.1, -0.05) is 6.42 Å². The van der Waals surface area contributed by atoms with E-state index < -0.39 is 0 Å². The van der Waals surface area contributed by atoms with Crippen molar-refractivity contribution < 1.29 is 4.79 Å². The summed E-state index contributed by atoms with van der Waals surface area (Å²) in [6.45, 7) is 3.48. The number of aromatic nitrogens is 1. The molecule has 3 fully saturated rings. The Kier molecular flexibility index (Phi) is 6.18. The predicted octanol–water partition coefficient (Wildman–Crippen LogP) is 3.82. The van der Waals surface area contributed by atoms with E-state index in [2.05, 4.69) is 38.9 Å². The lowest BCUT2D eigenvalue weighted by Gasteiger charge is -2.45. The topological polar surface area (TPSA) is 28.5 Å². The van der Waals surface area contributed by atoms with Crippen molar-refractivity contribution in [2.75, 3.05) is 38.2 Å². The van der Waals surface area contributed by atoms with Gasteiger partial charge in [0.25, 0.3) is 0 Å². The molecule has 1 amide bonds. The van der Waals surface area contributed by atoms with E-state index in [9.17, 15) is 4.79 Å². The van der Waals surface area contributed by atoms with E-state index in [1.165, 1.54) is 45.2 Å². The maximum absolute atomic E-state index is 13.2. The molecule has 27 heavy (non-hydrogen) atoms. The third-order valence-electron chi connectivity index (χ3n) is 7.22. The maximum atomic E-state index is 13.2. The lowest BCUT2D eigenvalue weighted by Crippen LogP contribution is -2.51. The smallest absolute Gasteiger partial charge is 0.224 e. The summed E-state index contributed by atoms with van der Waals surface area (Å²) < 4.78 is 2.32. The first-order valence-corrected chi connectivity index (χ1v) is 12.0. The molecule has 4 heterocycles. The van der Waals surface area contributed by atoms with Crippen LogP contribution in [0.5, 0.6) is 0 Å². The molecule has 0 aromatic carbocycles. The largest absolute Gasteiger partial charge is 0.348 e. The first-order chi connectivity index (χ1) is 13.2. The number of rotatable bonds is 5. The Hall–Kier alpha value is -0.940. The van der Waals surface area contributed by atoms with Crippen LogP contribution < -0.4 is 0 Å². The van der Waals surface area contributed by atoms with E-state index in [0.29, 0.717) is 24.3 Å². The Morgan fingerprint density at radius 2 is 1.85 bits per heavy atom. The summed E-state index contributed by atoms with van der Waals surface area (Å²) in [5.41, 5.74) is -0.0104. The fourth-order valence-corrected chi connectivity index (χ4v) is 6.84. The van der Waals surface area contributed by atoms with Crippen LogP contribution in [0.2, 0.25) is 0 Å². The third kappa shape index (κ3) is 4.24. The number of hydrogen-bond donors (Lipinski definition) is 0. The van der Waals surface area contributed by atoms with E-state index in [1.807, 2.05) is 18.8 Å². The third-order valence-corrected chi connectivity index (χ3v) is 8.20. The van der Waals surface area contributed by atoms with Gasteiger partial charge in [-0.15, -0.1) is 0 Å². The molecule has 1 aromatic rings. The summed E-state index contributed by atoms with van der Waals surface area (Å²) in [5.74, 6) is 3.32. The van der Waals surface area contributed by atoms with Crippen LogP contribution in [0.3, 0.4) is 0 Å². The first-order valence-electron chi connectivity index (χ1n) is 10.9. The molecule has 4 rings (SSSR count). The summed E-state index contributed by atoms with van der Waals surface area (Å²) in [6.07, 6.45) is 13.8. The van der Waals surface area contributed by atoms with E-state index >= 15 is 0 Å². The molecule has 0 saturated carbocycles. The molecule has 3 aliphatic rings. The number of nitrogens with zero attached hydrogens (tertiary/aromatic N) is 3. The highest BCUT2D eigenvalue weighted by molar-refractivity contribution is 7.99. The molecule has 5 heteroatoms. The summed E-state index contributed by atoms with van der Waals surface area (Å²) in [6, 6.07) is 4.90. The highest BCUT2D eigenvalue weighted by Gasteiger charge is 2.38. The first kappa shape index (κ1) is 19.4. The van der Waals surface area contributed by atoms with Gasteiger partial charge in [-0.2, -0.15) is 11.8 Å². The van der Waals surface area contributed by atoms with Crippen molar-refractivity contribution in [3.05, 3.63) is 24.5 Å². The van der Waals surface area contributed by atoms with Gasteiger partial charge in [-0.25, -0.2) is 0 Å². The molecule has 0 bridgehead atoms. The molecule has 0 spiro atoms. The molecular weight excluding hydrogens is 354 g/mol. The van der Waals surface area contributed by atoms with Crippen LogP contribution in [-0.2, 0) is 10.3 Å². The summed E-state index contributed by atoms with van der Waals surface area (Å²) in [4.78, 5) is 18.0. The average molecular weight is 390 g/mol. The number of thioether (sulfide) groups is 1. The van der Waals surface area contributed by atoms with Crippen LogP contribution in [0.1, 0.15) is 51.4 Å². The van der Waals surface area contributed by atoms with Crippen molar-refractivity contribution in [3.8, 4) is 0 Å². The van der Waals surface area contributed by atoms with E-state index in [4.69, 9.17) is 0 Å². The summed E-state index contributed by atoms with van der Waals surface area (Å²) >= 11 is 2.03. The second kappa shape index (κ2) is 8.60. The predicted molar refractivity (Wildman–Crippen MR) is 113 cm³/mol. The lowest BCUT2D eigenvalue weighted by atomic mass is 9.83. The van der Waals surface area contributed by atoms with Crippen molar-refractivity contribution in [2.24, 2.45) is 5.92 Å². The minimum Gasteiger partial charge on any atom is -0.348 e. The number of carbonyl (C=O) groups is 1. The minimum atomic E-state index is -0.0104. The molecule has 0 unspecified atom stereocenters. The van der Waals surface area contributed by atoms with Gasteiger partial charge in [-0.3, -0.25) is 4.79 Å². The molecule has 0 N–H and O–H groups in total. The Morgan fingerprint density at radius 1 is 1.11 bits per heavy atom. The Morgan fingerprint density at radius 3 is 2.63 bits per heavy atom. The number of hydrogen-bond acceptors (Lipinski definition) is 3. The van der Waals surface area contributed by atoms with Gasteiger partial charge < -0.3 is 14.4 Å². The van der Waals surface area contributed by atoms with Gasteiger partial charge in [0.2, 0.25) is 5.91 Å². The lowest BCUT2D eigenvalue weighted by molar-refractivity contribution is -0.133. The van der Waals surface area contributed by atoms with Crippen molar-refractivity contribution in [1.82, 2.24) is 14.4 Å². The van der Waals surface area contributed by atoms with Crippen LogP contribution in [0.4, 0.5) is 0 Å². The highest BCUT2D eigenvalue weighted by atomic mass is 32.2. The van der Waals surface area contributed by atoms with Gasteiger partial charge in [0, 0.05) is 32.0 Å². The van der Waals surface area contributed by atoms with Crippen LogP contribution in [0.25, 0.3) is 0 Å². The normalized spacial score (nSPS) is 28.5. The quantitative estimate of drug-likeness (QED) is 0.766. The molecule has 1 aromatic heterocycles. The molecule has 3 aliphatic heterocycles. The Labute approximate surface area is 168 Å². The second-order valence-electron chi connectivity index (χ2n) is 8.88. The fourth-order valence-electron chi connectivity index (χ4n) is 5.59. The number of carbonyl (C=O) groups excluding carboxylic acids is 1. The molecule has 3 saturated heterocycles. The molecule has 4 nitrogen and oxygen atoms in total. The van der Waals surface area contributed by atoms with Crippen molar-refractivity contribution in [1.29, 1.82) is 0 Å². The van der Waals surface area contributed by atoms with Crippen LogP contribution >= 0.6 is 11.8 Å². The van der Waals surface area contributed by atoms with Crippen molar-refractivity contribution in [2.45, 2.75) is 62.9 Å². The van der Waals surface area contributed by atoms with E-state index in [1.54, 1.807) is 0 Å². The Bertz CT molecular complexity index is 609. The average Bonchev–Trinajstić information content (AvgIpc) is 3.24. The maximum Gasteiger partial charge on any atom is 0.224 e. The monoisotopic (exact) mass is 389 g/mol. The van der Waals surface area contributed by atoms with Gasteiger partial charge in [0.05, 0.1) is 12.0 Å². The van der Waals surface area contributed by atoms with E-state index in [-0.39, 0.29) is 5.54 Å². The number of piperidine rings is 2. The van der Waals surface area contributed by atoms with Gasteiger partial charge >= 0.3 is 0 Å². The molecule has 2 atom stereocenters. The second-order valence-corrected chi connectivity index (χ2v) is 10.1.